The molecule has 118 valence electrons. The van der Waals surface area contributed by atoms with Crippen molar-refractivity contribution in [1.82, 2.24) is 4.98 Å². The predicted molar refractivity (Wildman–Crippen MR) is 91.6 cm³/mol. The standard InChI is InChI=1S/C20H22FN2/c1-13(2)9-15-5-7-18-19(11-15)22-12-23(4)20(18)17-8-6-16(21)10-14(17)3/h5-8,10-13H,9H2,1-4H3/q+1. The lowest BCUT2D eigenvalue weighted by Gasteiger charge is -2.10. The number of hydrogen-bond donors (Lipinski definition) is 0. The van der Waals surface area contributed by atoms with Crippen molar-refractivity contribution in [2.24, 2.45) is 13.0 Å². The van der Waals surface area contributed by atoms with Crippen molar-refractivity contribution in [3.8, 4) is 11.3 Å². The summed E-state index contributed by atoms with van der Waals surface area (Å²) < 4.78 is 15.4. The van der Waals surface area contributed by atoms with Crippen LogP contribution in [0.2, 0.25) is 0 Å². The van der Waals surface area contributed by atoms with E-state index in [1.807, 2.05) is 30.9 Å². The van der Waals surface area contributed by atoms with E-state index in [-0.39, 0.29) is 5.82 Å². The molecule has 3 rings (SSSR count). The second kappa shape index (κ2) is 6.07. The predicted octanol–water partition coefficient (Wildman–Crippen LogP) is 4.37. The first-order chi connectivity index (χ1) is 11.0. The molecular weight excluding hydrogens is 287 g/mol. The minimum atomic E-state index is -0.202. The molecule has 0 radical (unpaired) electrons. The van der Waals surface area contributed by atoms with E-state index < -0.39 is 0 Å². The van der Waals surface area contributed by atoms with Gasteiger partial charge in [0.2, 0.25) is 0 Å². The minimum absolute atomic E-state index is 0.202. The Balaban J connectivity index is 2.21. The van der Waals surface area contributed by atoms with Crippen LogP contribution in [-0.4, -0.2) is 4.98 Å². The third kappa shape index (κ3) is 3.09. The number of fused-ring (bicyclic) bond motifs is 1. The summed E-state index contributed by atoms with van der Waals surface area (Å²) in [5.74, 6) is 0.414. The van der Waals surface area contributed by atoms with Crippen LogP contribution in [-0.2, 0) is 13.5 Å². The molecule has 0 spiro atoms. The van der Waals surface area contributed by atoms with Gasteiger partial charge in [-0.2, -0.15) is 0 Å². The van der Waals surface area contributed by atoms with Crippen LogP contribution >= 0.6 is 0 Å². The highest BCUT2D eigenvalue weighted by Crippen LogP contribution is 2.28. The number of nitrogens with zero attached hydrogens (tertiary/aromatic N) is 2. The molecule has 23 heavy (non-hydrogen) atoms. The number of rotatable bonds is 3. The maximum Gasteiger partial charge on any atom is 0.287 e. The quantitative estimate of drug-likeness (QED) is 0.656. The van der Waals surface area contributed by atoms with E-state index in [4.69, 9.17) is 0 Å². The average Bonchev–Trinajstić information content (AvgIpc) is 2.48. The van der Waals surface area contributed by atoms with E-state index in [9.17, 15) is 4.39 Å². The van der Waals surface area contributed by atoms with E-state index in [1.54, 1.807) is 6.07 Å². The monoisotopic (exact) mass is 309 g/mol. The van der Waals surface area contributed by atoms with Crippen LogP contribution in [0, 0.1) is 18.7 Å². The summed E-state index contributed by atoms with van der Waals surface area (Å²) in [6, 6.07) is 11.4. The highest BCUT2D eigenvalue weighted by Gasteiger charge is 2.17. The smallest absolute Gasteiger partial charge is 0.232 e. The molecule has 0 atom stereocenters. The van der Waals surface area contributed by atoms with Gasteiger partial charge >= 0.3 is 0 Å². The Morgan fingerprint density at radius 2 is 1.91 bits per heavy atom. The molecule has 3 heteroatoms. The molecule has 0 saturated carbocycles. The molecule has 2 aromatic carbocycles. The lowest BCUT2D eigenvalue weighted by Crippen LogP contribution is -2.31. The van der Waals surface area contributed by atoms with Crippen LogP contribution in [0.3, 0.4) is 0 Å². The summed E-state index contributed by atoms with van der Waals surface area (Å²) in [6.45, 7) is 6.38. The maximum absolute atomic E-state index is 13.4. The lowest BCUT2D eigenvalue weighted by molar-refractivity contribution is -0.662. The number of benzene rings is 2. The van der Waals surface area contributed by atoms with Crippen LogP contribution < -0.4 is 4.57 Å². The van der Waals surface area contributed by atoms with E-state index in [2.05, 4.69) is 37.0 Å². The molecule has 2 nitrogen and oxygen atoms in total. The molecule has 0 unspecified atom stereocenters. The molecule has 0 amide bonds. The van der Waals surface area contributed by atoms with Crippen molar-refractivity contribution in [2.75, 3.05) is 0 Å². The summed E-state index contributed by atoms with van der Waals surface area (Å²) in [4.78, 5) is 4.57. The Labute approximate surface area is 136 Å². The van der Waals surface area contributed by atoms with Gasteiger partial charge in [-0.05, 0) is 65.7 Å². The van der Waals surface area contributed by atoms with Crippen LogP contribution in [0.5, 0.6) is 0 Å². The number of halogens is 1. The molecule has 0 aliphatic carbocycles. The zero-order valence-corrected chi connectivity index (χ0v) is 14.1. The van der Waals surface area contributed by atoms with Crippen LogP contribution in [0.4, 0.5) is 4.39 Å². The molecule has 1 aromatic heterocycles. The Morgan fingerprint density at radius 3 is 2.61 bits per heavy atom. The molecule has 0 N–H and O–H groups in total. The highest BCUT2D eigenvalue weighted by atomic mass is 19.1. The third-order valence-electron chi connectivity index (χ3n) is 4.13. The molecule has 0 bridgehead atoms. The summed E-state index contributed by atoms with van der Waals surface area (Å²) in [5, 5.41) is 1.09. The van der Waals surface area contributed by atoms with Crippen molar-refractivity contribution in [3.05, 3.63) is 59.7 Å². The molecule has 0 aliphatic rings. The Hall–Kier alpha value is -2.29. The summed E-state index contributed by atoms with van der Waals surface area (Å²) in [7, 11) is 1.98. The molecule has 1 heterocycles. The topological polar surface area (TPSA) is 16.8 Å². The van der Waals surface area contributed by atoms with Gasteiger partial charge in [0, 0.05) is 5.56 Å². The van der Waals surface area contributed by atoms with Crippen molar-refractivity contribution < 1.29 is 8.96 Å². The molecule has 0 saturated heterocycles. The zero-order valence-electron chi connectivity index (χ0n) is 14.1. The van der Waals surface area contributed by atoms with Crippen molar-refractivity contribution in [1.29, 1.82) is 0 Å². The molecule has 3 aromatic rings. The van der Waals surface area contributed by atoms with E-state index in [1.165, 1.54) is 11.6 Å². The van der Waals surface area contributed by atoms with E-state index >= 15 is 0 Å². The first-order valence-electron chi connectivity index (χ1n) is 7.99. The van der Waals surface area contributed by atoms with Crippen LogP contribution in [0.1, 0.15) is 25.0 Å². The van der Waals surface area contributed by atoms with Crippen LogP contribution in [0.25, 0.3) is 22.2 Å². The van der Waals surface area contributed by atoms with Gasteiger partial charge in [-0.15, -0.1) is 0 Å². The fourth-order valence-electron chi connectivity index (χ4n) is 3.11. The zero-order chi connectivity index (χ0) is 16.6. The van der Waals surface area contributed by atoms with Gasteiger partial charge in [0.1, 0.15) is 11.5 Å². The normalized spacial score (nSPS) is 11.4. The highest BCUT2D eigenvalue weighted by molar-refractivity contribution is 5.91. The summed E-state index contributed by atoms with van der Waals surface area (Å²) in [5.41, 5.74) is 5.33. The third-order valence-corrected chi connectivity index (χ3v) is 4.13. The fraction of sp³-hybridized carbons (Fsp3) is 0.300. The largest absolute Gasteiger partial charge is 0.287 e. The first kappa shape index (κ1) is 15.6. The summed E-state index contributed by atoms with van der Waals surface area (Å²) >= 11 is 0. The van der Waals surface area contributed by atoms with E-state index in [0.29, 0.717) is 5.92 Å². The van der Waals surface area contributed by atoms with Gasteiger partial charge in [0.25, 0.3) is 6.33 Å². The maximum atomic E-state index is 13.4. The first-order valence-corrected chi connectivity index (χ1v) is 7.99. The van der Waals surface area contributed by atoms with Gasteiger partial charge in [-0.3, -0.25) is 0 Å². The molecule has 0 fully saturated rings. The van der Waals surface area contributed by atoms with Gasteiger partial charge < -0.3 is 0 Å². The number of aryl methyl sites for hydroxylation is 2. The minimum Gasteiger partial charge on any atom is -0.232 e. The van der Waals surface area contributed by atoms with Crippen molar-refractivity contribution >= 4 is 10.9 Å². The SMILES string of the molecule is Cc1cc(F)ccc1-c1c2ccc(CC(C)C)cc2nc[n+]1C. The lowest BCUT2D eigenvalue weighted by atomic mass is 9.98. The van der Waals surface area contributed by atoms with Crippen LogP contribution in [0.15, 0.2) is 42.7 Å². The van der Waals surface area contributed by atoms with E-state index in [0.717, 1.165) is 34.1 Å². The Bertz CT molecular complexity index is 869. The molecular formula is C20H22FN2+. The van der Waals surface area contributed by atoms with Gasteiger partial charge in [-0.1, -0.05) is 19.9 Å². The van der Waals surface area contributed by atoms with Gasteiger partial charge in [0.05, 0.1) is 12.4 Å². The summed E-state index contributed by atoms with van der Waals surface area (Å²) in [6.07, 6.45) is 2.88. The Kier molecular flexibility index (Phi) is 4.12. The number of hydrogen-bond acceptors (Lipinski definition) is 1. The van der Waals surface area contributed by atoms with Gasteiger partial charge in [-0.25, -0.2) is 8.96 Å². The van der Waals surface area contributed by atoms with Crippen molar-refractivity contribution in [3.63, 3.8) is 0 Å². The average molecular weight is 309 g/mol. The van der Waals surface area contributed by atoms with Gasteiger partial charge in [0.15, 0.2) is 5.52 Å². The molecule has 0 aliphatic heterocycles. The second-order valence-electron chi connectivity index (χ2n) is 6.61. The van der Waals surface area contributed by atoms with Crippen molar-refractivity contribution in [2.45, 2.75) is 27.2 Å². The second-order valence-corrected chi connectivity index (χ2v) is 6.61. The Morgan fingerprint density at radius 1 is 1.13 bits per heavy atom. The number of aromatic nitrogens is 2. The fourth-order valence-corrected chi connectivity index (χ4v) is 3.11.